The summed E-state index contributed by atoms with van der Waals surface area (Å²) in [4.78, 5) is 28.0. The lowest BCUT2D eigenvalue weighted by Crippen LogP contribution is -2.06. The van der Waals surface area contributed by atoms with E-state index in [2.05, 4.69) is 11.9 Å². The van der Waals surface area contributed by atoms with E-state index in [0.29, 0.717) is 32.3 Å². The summed E-state index contributed by atoms with van der Waals surface area (Å²) in [6.07, 6.45) is 10.8. The van der Waals surface area contributed by atoms with Crippen molar-refractivity contribution in [2.24, 2.45) is 0 Å². The number of hydrogen-bond acceptors (Lipinski definition) is 3. The van der Waals surface area contributed by atoms with Gasteiger partial charge < -0.3 is 9.72 Å². The van der Waals surface area contributed by atoms with Crippen molar-refractivity contribution in [3.63, 3.8) is 0 Å². The second kappa shape index (κ2) is 12.4. The number of hydrogen-bond donors (Lipinski definition) is 1. The van der Waals surface area contributed by atoms with Crippen LogP contribution in [0.3, 0.4) is 0 Å². The number of aryl methyl sites for hydroxylation is 1. The first-order valence-corrected chi connectivity index (χ1v) is 11.0. The van der Waals surface area contributed by atoms with Crippen LogP contribution in [0.15, 0.2) is 24.3 Å². The molecular formula is C24H35NO3. The number of ether oxygens (including phenoxy) is 1. The molecule has 0 aliphatic rings. The molecule has 0 spiro atoms. The van der Waals surface area contributed by atoms with E-state index in [4.69, 9.17) is 4.74 Å². The number of H-pyrrole nitrogens is 1. The molecule has 1 aromatic heterocycles. The zero-order valence-corrected chi connectivity index (χ0v) is 17.5. The van der Waals surface area contributed by atoms with E-state index < -0.39 is 0 Å². The fourth-order valence-corrected chi connectivity index (χ4v) is 3.71. The summed E-state index contributed by atoms with van der Waals surface area (Å²) in [5, 5.41) is 1.00. The van der Waals surface area contributed by atoms with Crippen LogP contribution in [0, 0.1) is 0 Å². The summed E-state index contributed by atoms with van der Waals surface area (Å²) in [7, 11) is 0. The van der Waals surface area contributed by atoms with Gasteiger partial charge in [0.25, 0.3) is 0 Å². The highest BCUT2D eigenvalue weighted by atomic mass is 16.5. The van der Waals surface area contributed by atoms with Crippen molar-refractivity contribution in [1.82, 2.24) is 4.98 Å². The van der Waals surface area contributed by atoms with Crippen LogP contribution >= 0.6 is 0 Å². The number of esters is 1. The Bertz CT molecular complexity index is 747. The molecule has 0 fully saturated rings. The van der Waals surface area contributed by atoms with Crippen LogP contribution in [0.1, 0.15) is 94.1 Å². The molecule has 1 heterocycles. The number of aromatic amines is 1. The molecule has 0 saturated carbocycles. The topological polar surface area (TPSA) is 59.2 Å². The molecule has 0 radical (unpaired) electrons. The summed E-state index contributed by atoms with van der Waals surface area (Å²) >= 11 is 0. The number of nitrogens with one attached hydrogen (secondary N) is 1. The molecule has 0 unspecified atom stereocenters. The average Bonchev–Trinajstić information content (AvgIpc) is 3.05. The SMILES string of the molecule is CCCCCCCCCC(=O)c1c(CCCC(=O)OCC)[nH]c2ccccc12. The monoisotopic (exact) mass is 385 g/mol. The third-order valence-electron chi connectivity index (χ3n) is 5.18. The molecule has 1 aromatic carbocycles. The van der Waals surface area contributed by atoms with Crippen molar-refractivity contribution < 1.29 is 14.3 Å². The van der Waals surface area contributed by atoms with E-state index in [1.165, 1.54) is 32.1 Å². The highest BCUT2D eigenvalue weighted by molar-refractivity contribution is 6.09. The standard InChI is InChI=1S/C24H35NO3/c1-3-5-6-7-8-9-10-17-22(26)24-19-14-11-12-15-20(19)25-21(24)16-13-18-23(27)28-4-2/h11-12,14-15,25H,3-10,13,16-18H2,1-2H3. The summed E-state index contributed by atoms with van der Waals surface area (Å²) in [5.41, 5.74) is 2.78. The molecule has 0 aliphatic heterocycles. The van der Waals surface area contributed by atoms with Crippen LogP contribution in [-0.2, 0) is 16.0 Å². The number of benzene rings is 1. The Kier molecular flexibility index (Phi) is 9.81. The molecule has 0 saturated heterocycles. The molecule has 154 valence electrons. The van der Waals surface area contributed by atoms with Gasteiger partial charge in [-0.15, -0.1) is 0 Å². The van der Waals surface area contributed by atoms with Crippen LogP contribution in [0.25, 0.3) is 10.9 Å². The third kappa shape index (κ3) is 6.81. The number of Topliss-reactive ketones (excluding diaryl/α,β-unsaturated/α-hetero) is 1. The lowest BCUT2D eigenvalue weighted by Gasteiger charge is -2.06. The average molecular weight is 386 g/mol. The predicted octanol–water partition coefficient (Wildman–Crippen LogP) is 6.38. The number of unbranched alkanes of at least 4 members (excludes halogenated alkanes) is 6. The van der Waals surface area contributed by atoms with E-state index in [0.717, 1.165) is 35.0 Å². The van der Waals surface area contributed by atoms with E-state index in [-0.39, 0.29) is 11.8 Å². The van der Waals surface area contributed by atoms with Crippen LogP contribution in [0.4, 0.5) is 0 Å². The van der Waals surface area contributed by atoms with Gasteiger partial charge >= 0.3 is 5.97 Å². The van der Waals surface area contributed by atoms with Crippen molar-refractivity contribution in [2.75, 3.05) is 6.61 Å². The minimum atomic E-state index is -0.172. The summed E-state index contributed by atoms with van der Waals surface area (Å²) < 4.78 is 5.00. The second-order valence-corrected chi connectivity index (χ2v) is 7.48. The lowest BCUT2D eigenvalue weighted by atomic mass is 9.98. The van der Waals surface area contributed by atoms with Crippen molar-refractivity contribution >= 4 is 22.7 Å². The molecule has 0 amide bonds. The number of carbonyl (C=O) groups is 2. The first-order chi connectivity index (χ1) is 13.7. The third-order valence-corrected chi connectivity index (χ3v) is 5.18. The number of carbonyl (C=O) groups excluding carboxylic acids is 2. The lowest BCUT2D eigenvalue weighted by molar-refractivity contribution is -0.143. The fourth-order valence-electron chi connectivity index (χ4n) is 3.71. The van der Waals surface area contributed by atoms with Gasteiger partial charge in [-0.3, -0.25) is 9.59 Å². The van der Waals surface area contributed by atoms with Gasteiger partial charge in [0.15, 0.2) is 5.78 Å². The zero-order valence-electron chi connectivity index (χ0n) is 17.5. The van der Waals surface area contributed by atoms with Crippen molar-refractivity contribution in [3.8, 4) is 0 Å². The Hall–Kier alpha value is -2.10. The normalized spacial score (nSPS) is 11.1. The molecule has 0 bridgehead atoms. The van der Waals surface area contributed by atoms with Gasteiger partial charge in [0, 0.05) is 35.0 Å². The maximum atomic E-state index is 13.0. The minimum absolute atomic E-state index is 0.172. The predicted molar refractivity (Wildman–Crippen MR) is 115 cm³/mol. The van der Waals surface area contributed by atoms with Gasteiger partial charge in [-0.1, -0.05) is 63.6 Å². The number of rotatable bonds is 14. The first-order valence-electron chi connectivity index (χ1n) is 11.0. The minimum Gasteiger partial charge on any atom is -0.466 e. The smallest absolute Gasteiger partial charge is 0.305 e. The molecule has 28 heavy (non-hydrogen) atoms. The number of ketones is 1. The Morgan fingerprint density at radius 2 is 1.61 bits per heavy atom. The molecular weight excluding hydrogens is 350 g/mol. The summed E-state index contributed by atoms with van der Waals surface area (Å²) in [6, 6.07) is 7.97. The number of fused-ring (bicyclic) bond motifs is 1. The summed E-state index contributed by atoms with van der Waals surface area (Å²) in [6.45, 7) is 4.45. The molecule has 4 heteroatoms. The fraction of sp³-hybridized carbons (Fsp3) is 0.583. The summed E-state index contributed by atoms with van der Waals surface area (Å²) in [5.74, 6) is 0.0479. The van der Waals surface area contributed by atoms with Crippen LogP contribution in [0.2, 0.25) is 0 Å². The van der Waals surface area contributed by atoms with E-state index in [9.17, 15) is 9.59 Å². The zero-order chi connectivity index (χ0) is 20.2. The highest BCUT2D eigenvalue weighted by Gasteiger charge is 2.18. The Labute approximate surface area is 169 Å². The largest absolute Gasteiger partial charge is 0.466 e. The quantitative estimate of drug-likeness (QED) is 0.233. The van der Waals surface area contributed by atoms with Crippen molar-refractivity contribution in [3.05, 3.63) is 35.5 Å². The molecule has 4 nitrogen and oxygen atoms in total. The Morgan fingerprint density at radius 1 is 0.893 bits per heavy atom. The molecule has 0 atom stereocenters. The molecule has 2 aromatic rings. The molecule has 2 rings (SSSR count). The van der Waals surface area contributed by atoms with Crippen LogP contribution in [0.5, 0.6) is 0 Å². The van der Waals surface area contributed by atoms with Crippen molar-refractivity contribution in [2.45, 2.75) is 84.5 Å². The second-order valence-electron chi connectivity index (χ2n) is 7.48. The van der Waals surface area contributed by atoms with Crippen molar-refractivity contribution in [1.29, 1.82) is 0 Å². The van der Waals surface area contributed by atoms with Crippen LogP contribution in [-0.4, -0.2) is 23.3 Å². The van der Waals surface area contributed by atoms with Gasteiger partial charge in [0.1, 0.15) is 0 Å². The van der Waals surface area contributed by atoms with Crippen LogP contribution < -0.4 is 0 Å². The first kappa shape index (κ1) is 22.2. The van der Waals surface area contributed by atoms with E-state index >= 15 is 0 Å². The van der Waals surface area contributed by atoms with E-state index in [1.54, 1.807) is 0 Å². The molecule has 0 aliphatic carbocycles. The molecule has 1 N–H and O–H groups in total. The van der Waals surface area contributed by atoms with Gasteiger partial charge in [0.2, 0.25) is 0 Å². The number of para-hydroxylation sites is 1. The Morgan fingerprint density at radius 3 is 2.36 bits per heavy atom. The maximum absolute atomic E-state index is 13.0. The van der Waals surface area contributed by atoms with Gasteiger partial charge in [-0.05, 0) is 32.3 Å². The van der Waals surface area contributed by atoms with Gasteiger partial charge in [-0.2, -0.15) is 0 Å². The maximum Gasteiger partial charge on any atom is 0.305 e. The van der Waals surface area contributed by atoms with Gasteiger partial charge in [0.05, 0.1) is 6.61 Å². The highest BCUT2D eigenvalue weighted by Crippen LogP contribution is 2.26. The number of aromatic nitrogens is 1. The van der Waals surface area contributed by atoms with E-state index in [1.807, 2.05) is 31.2 Å². The Balaban J connectivity index is 1.95. The van der Waals surface area contributed by atoms with Gasteiger partial charge in [-0.25, -0.2) is 0 Å².